The lowest BCUT2D eigenvalue weighted by atomic mass is 10.2. The minimum atomic E-state index is 1.18. The molecule has 0 unspecified atom stereocenters. The number of thiophene rings is 1. The first-order valence-electron chi connectivity index (χ1n) is 3.52. The highest BCUT2D eigenvalue weighted by Gasteiger charge is 2.01. The van der Waals surface area contributed by atoms with E-state index in [4.69, 9.17) is 0 Å². The molecule has 2 aromatic rings. The molecule has 1 aromatic carbocycles. The van der Waals surface area contributed by atoms with Crippen molar-refractivity contribution in [1.82, 2.24) is 0 Å². The SMILES string of the molecule is Cc1cc2cc(Br)sc2cc1Br. The van der Waals surface area contributed by atoms with E-state index in [1.807, 2.05) is 0 Å². The minimum absolute atomic E-state index is 1.18. The average molecular weight is 306 g/mol. The summed E-state index contributed by atoms with van der Waals surface area (Å²) in [6.45, 7) is 2.11. The third-order valence-electron chi connectivity index (χ3n) is 1.77. The number of aryl methyl sites for hydroxylation is 1. The van der Waals surface area contributed by atoms with Crippen LogP contribution in [0.3, 0.4) is 0 Å². The van der Waals surface area contributed by atoms with E-state index in [2.05, 4.69) is 57.0 Å². The Bertz CT molecular complexity index is 392. The van der Waals surface area contributed by atoms with E-state index in [0.717, 1.165) is 0 Å². The number of fused-ring (bicyclic) bond motifs is 1. The van der Waals surface area contributed by atoms with Crippen LogP contribution in [-0.4, -0.2) is 0 Å². The fraction of sp³-hybridized carbons (Fsp3) is 0.111. The summed E-state index contributed by atoms with van der Waals surface area (Å²) in [4.78, 5) is 0. The van der Waals surface area contributed by atoms with Crippen LogP contribution in [0.2, 0.25) is 0 Å². The molecule has 1 aromatic heterocycles. The van der Waals surface area contributed by atoms with Crippen LogP contribution >= 0.6 is 43.2 Å². The number of halogens is 2. The number of rotatable bonds is 0. The molecule has 2 rings (SSSR count). The van der Waals surface area contributed by atoms with Crippen molar-refractivity contribution >= 4 is 53.3 Å². The molecule has 0 saturated carbocycles. The average Bonchev–Trinajstić information content (AvgIpc) is 2.30. The van der Waals surface area contributed by atoms with Gasteiger partial charge in [0.2, 0.25) is 0 Å². The van der Waals surface area contributed by atoms with Gasteiger partial charge < -0.3 is 0 Å². The first-order valence-corrected chi connectivity index (χ1v) is 5.92. The maximum absolute atomic E-state index is 3.52. The van der Waals surface area contributed by atoms with Crippen molar-refractivity contribution in [2.75, 3.05) is 0 Å². The van der Waals surface area contributed by atoms with Gasteiger partial charge >= 0.3 is 0 Å². The summed E-state index contributed by atoms with van der Waals surface area (Å²) < 4.78 is 3.69. The van der Waals surface area contributed by atoms with Gasteiger partial charge in [0.25, 0.3) is 0 Å². The lowest BCUT2D eigenvalue weighted by Gasteiger charge is -1.96. The second kappa shape index (κ2) is 3.13. The zero-order chi connectivity index (χ0) is 8.72. The molecule has 0 saturated heterocycles. The monoisotopic (exact) mass is 304 g/mol. The van der Waals surface area contributed by atoms with Crippen molar-refractivity contribution in [1.29, 1.82) is 0 Å². The fourth-order valence-electron chi connectivity index (χ4n) is 1.14. The number of benzene rings is 1. The molecule has 0 atom stereocenters. The van der Waals surface area contributed by atoms with Gasteiger partial charge in [-0.2, -0.15) is 0 Å². The van der Waals surface area contributed by atoms with E-state index in [1.165, 1.54) is 23.9 Å². The summed E-state index contributed by atoms with van der Waals surface area (Å²) in [5, 5.41) is 1.31. The zero-order valence-corrected chi connectivity index (χ0v) is 10.4. The molecule has 0 bridgehead atoms. The summed E-state index contributed by atoms with van der Waals surface area (Å²) in [7, 11) is 0. The Labute approximate surface area is 91.9 Å². The Kier molecular flexibility index (Phi) is 2.27. The third-order valence-corrected chi connectivity index (χ3v) is 4.22. The molecular weight excluding hydrogens is 300 g/mol. The minimum Gasteiger partial charge on any atom is -0.128 e. The van der Waals surface area contributed by atoms with Gasteiger partial charge in [-0.1, -0.05) is 15.9 Å². The van der Waals surface area contributed by atoms with Crippen LogP contribution in [0.1, 0.15) is 5.56 Å². The van der Waals surface area contributed by atoms with Crippen LogP contribution in [0.15, 0.2) is 26.5 Å². The summed E-state index contributed by atoms with van der Waals surface area (Å²) in [5.41, 5.74) is 1.28. The quantitative estimate of drug-likeness (QED) is 0.660. The predicted molar refractivity (Wildman–Crippen MR) is 62.0 cm³/mol. The van der Waals surface area contributed by atoms with E-state index in [0.29, 0.717) is 0 Å². The first-order chi connectivity index (χ1) is 5.66. The smallest absolute Gasteiger partial charge is 0.0711 e. The Morgan fingerprint density at radius 3 is 2.67 bits per heavy atom. The van der Waals surface area contributed by atoms with Gasteiger partial charge in [-0.15, -0.1) is 11.3 Å². The lowest BCUT2D eigenvalue weighted by Crippen LogP contribution is -1.72. The summed E-state index contributed by atoms with van der Waals surface area (Å²) in [6.07, 6.45) is 0. The van der Waals surface area contributed by atoms with E-state index >= 15 is 0 Å². The third kappa shape index (κ3) is 1.45. The second-order valence-electron chi connectivity index (χ2n) is 2.69. The van der Waals surface area contributed by atoms with Crippen molar-refractivity contribution in [3.05, 3.63) is 32.0 Å². The molecule has 0 radical (unpaired) electrons. The van der Waals surface area contributed by atoms with Crippen LogP contribution in [0.5, 0.6) is 0 Å². The molecule has 0 aliphatic rings. The molecule has 0 spiro atoms. The van der Waals surface area contributed by atoms with Crippen molar-refractivity contribution < 1.29 is 0 Å². The molecule has 62 valence electrons. The Balaban J connectivity index is 2.83. The van der Waals surface area contributed by atoms with Gasteiger partial charge in [0.15, 0.2) is 0 Å². The van der Waals surface area contributed by atoms with Crippen molar-refractivity contribution in [3.63, 3.8) is 0 Å². The summed E-state index contributed by atoms with van der Waals surface area (Å²) in [5.74, 6) is 0. The lowest BCUT2D eigenvalue weighted by molar-refractivity contribution is 1.47. The van der Waals surface area contributed by atoms with Gasteiger partial charge in [0.05, 0.1) is 3.79 Å². The van der Waals surface area contributed by atoms with Crippen LogP contribution in [0, 0.1) is 6.92 Å². The van der Waals surface area contributed by atoms with E-state index in [9.17, 15) is 0 Å². The van der Waals surface area contributed by atoms with Crippen LogP contribution in [0.4, 0.5) is 0 Å². The number of hydrogen-bond acceptors (Lipinski definition) is 1. The van der Waals surface area contributed by atoms with Gasteiger partial charge in [-0.25, -0.2) is 0 Å². The topological polar surface area (TPSA) is 0 Å². The van der Waals surface area contributed by atoms with Crippen LogP contribution in [0.25, 0.3) is 10.1 Å². The van der Waals surface area contributed by atoms with Crippen molar-refractivity contribution in [2.45, 2.75) is 6.92 Å². The van der Waals surface area contributed by atoms with Crippen LogP contribution in [-0.2, 0) is 0 Å². The van der Waals surface area contributed by atoms with Crippen LogP contribution < -0.4 is 0 Å². The highest BCUT2D eigenvalue weighted by molar-refractivity contribution is 9.11. The van der Waals surface area contributed by atoms with E-state index in [-0.39, 0.29) is 0 Å². The zero-order valence-electron chi connectivity index (χ0n) is 6.40. The van der Waals surface area contributed by atoms with Gasteiger partial charge in [-0.3, -0.25) is 0 Å². The largest absolute Gasteiger partial charge is 0.128 e. The normalized spacial score (nSPS) is 10.9. The Morgan fingerprint density at radius 1 is 1.17 bits per heavy atom. The Hall–Kier alpha value is 0.140. The molecule has 1 heterocycles. The molecule has 12 heavy (non-hydrogen) atoms. The van der Waals surface area contributed by atoms with E-state index < -0.39 is 0 Å². The number of hydrogen-bond donors (Lipinski definition) is 0. The standard InChI is InChI=1S/C9H6Br2S/c1-5-2-6-3-9(11)12-8(6)4-7(5)10/h2-4H,1H3. The van der Waals surface area contributed by atoms with E-state index in [1.54, 1.807) is 11.3 Å². The van der Waals surface area contributed by atoms with Crippen molar-refractivity contribution in [3.8, 4) is 0 Å². The first kappa shape index (κ1) is 8.73. The van der Waals surface area contributed by atoms with Crippen molar-refractivity contribution in [2.24, 2.45) is 0 Å². The molecule has 0 aliphatic carbocycles. The Morgan fingerprint density at radius 2 is 1.92 bits per heavy atom. The predicted octanol–water partition coefficient (Wildman–Crippen LogP) is 4.73. The second-order valence-corrected chi connectivity index (χ2v) is 6.01. The molecule has 0 nitrogen and oxygen atoms in total. The molecular formula is C9H6Br2S. The summed E-state index contributed by atoms with van der Waals surface area (Å²) >= 11 is 8.76. The van der Waals surface area contributed by atoms with Gasteiger partial charge in [0.1, 0.15) is 0 Å². The maximum atomic E-state index is 3.52. The fourth-order valence-corrected chi connectivity index (χ4v) is 3.22. The highest BCUT2D eigenvalue weighted by Crippen LogP contribution is 2.33. The molecule has 0 N–H and O–H groups in total. The summed E-state index contributed by atoms with van der Waals surface area (Å²) in [6, 6.07) is 6.51. The molecule has 3 heteroatoms. The van der Waals surface area contributed by atoms with Gasteiger partial charge in [0, 0.05) is 9.17 Å². The highest BCUT2D eigenvalue weighted by atomic mass is 79.9. The maximum Gasteiger partial charge on any atom is 0.0711 e. The molecule has 0 amide bonds. The molecule has 0 aliphatic heterocycles. The molecule has 0 fully saturated rings. The van der Waals surface area contributed by atoms with Gasteiger partial charge in [-0.05, 0) is 52.0 Å².